The van der Waals surface area contributed by atoms with E-state index < -0.39 is 12.1 Å². The second-order valence-corrected chi connectivity index (χ2v) is 6.72. The third-order valence-corrected chi connectivity index (χ3v) is 4.64. The maximum Gasteiger partial charge on any atom is 0.328 e. The summed E-state index contributed by atoms with van der Waals surface area (Å²) in [5.41, 5.74) is 2.44. The number of aromatic nitrogens is 3. The van der Waals surface area contributed by atoms with Crippen molar-refractivity contribution in [2.75, 3.05) is 0 Å². The molecular formula is C20H18ClN3O4. The number of pyridine rings is 1. The molecule has 3 rings (SSSR count). The van der Waals surface area contributed by atoms with Gasteiger partial charge in [0.2, 0.25) is 0 Å². The van der Waals surface area contributed by atoms with Gasteiger partial charge in [-0.3, -0.25) is 9.48 Å². The molecule has 2 N–H and O–H groups in total. The maximum atomic E-state index is 12.0. The Balaban J connectivity index is 2.18. The summed E-state index contributed by atoms with van der Waals surface area (Å²) < 4.78 is 2.93. The van der Waals surface area contributed by atoms with Gasteiger partial charge in [-0.1, -0.05) is 23.7 Å². The Kier molecular flexibility index (Phi) is 5.48. The summed E-state index contributed by atoms with van der Waals surface area (Å²) in [6.45, 7) is 0. The van der Waals surface area contributed by atoms with E-state index in [1.54, 1.807) is 55.4 Å². The van der Waals surface area contributed by atoms with Crippen LogP contribution >= 0.6 is 11.6 Å². The van der Waals surface area contributed by atoms with Gasteiger partial charge in [-0.15, -0.1) is 0 Å². The SMILES string of the molecule is Cn1ncc(-c2cn(C)c(=O)cc2/C=C/C(=O)O)c1C(O)c1ccc(Cl)cc1. The Morgan fingerprint density at radius 1 is 1.21 bits per heavy atom. The lowest BCUT2D eigenvalue weighted by Crippen LogP contribution is -2.16. The molecule has 0 aliphatic rings. The third-order valence-electron chi connectivity index (χ3n) is 4.39. The number of aliphatic hydroxyl groups is 1. The maximum absolute atomic E-state index is 12.0. The molecule has 3 aromatic rings. The molecule has 28 heavy (non-hydrogen) atoms. The van der Waals surface area contributed by atoms with Crippen molar-refractivity contribution in [2.45, 2.75) is 6.10 Å². The number of aliphatic carboxylic acids is 1. The molecule has 2 heterocycles. The average molecular weight is 400 g/mol. The normalized spacial score (nSPS) is 12.4. The van der Waals surface area contributed by atoms with Crippen LogP contribution in [0.1, 0.15) is 22.9 Å². The minimum Gasteiger partial charge on any atom is -0.478 e. The first kappa shape index (κ1) is 19.6. The summed E-state index contributed by atoms with van der Waals surface area (Å²) in [5.74, 6) is -1.13. The number of hydrogen-bond acceptors (Lipinski definition) is 4. The molecule has 7 nitrogen and oxygen atoms in total. The van der Waals surface area contributed by atoms with Gasteiger partial charge >= 0.3 is 5.97 Å². The van der Waals surface area contributed by atoms with Crippen LogP contribution in [0.15, 0.2) is 53.6 Å². The van der Waals surface area contributed by atoms with Gasteiger partial charge in [0.15, 0.2) is 0 Å². The van der Waals surface area contributed by atoms with Crippen LogP contribution in [0.25, 0.3) is 17.2 Å². The van der Waals surface area contributed by atoms with Crippen molar-refractivity contribution in [3.8, 4) is 11.1 Å². The predicted molar refractivity (Wildman–Crippen MR) is 106 cm³/mol. The van der Waals surface area contributed by atoms with E-state index in [4.69, 9.17) is 16.7 Å². The largest absolute Gasteiger partial charge is 0.478 e. The summed E-state index contributed by atoms with van der Waals surface area (Å²) in [6, 6.07) is 8.15. The molecule has 0 spiro atoms. The average Bonchev–Trinajstić information content (AvgIpc) is 3.03. The number of rotatable bonds is 5. The van der Waals surface area contributed by atoms with E-state index in [-0.39, 0.29) is 5.56 Å². The van der Waals surface area contributed by atoms with Crippen LogP contribution in [-0.2, 0) is 18.9 Å². The molecule has 0 radical (unpaired) electrons. The Bertz CT molecular complexity index is 1110. The van der Waals surface area contributed by atoms with Crippen LogP contribution < -0.4 is 5.56 Å². The number of hydrogen-bond donors (Lipinski definition) is 2. The third kappa shape index (κ3) is 3.90. The number of carboxylic acid groups (broad SMARTS) is 1. The van der Waals surface area contributed by atoms with Gasteiger partial charge in [-0.05, 0) is 29.3 Å². The Labute approximate surface area is 165 Å². The van der Waals surface area contributed by atoms with Crippen molar-refractivity contribution in [1.29, 1.82) is 0 Å². The summed E-state index contributed by atoms with van der Waals surface area (Å²) in [7, 11) is 3.30. The molecule has 8 heteroatoms. The fourth-order valence-corrected chi connectivity index (χ4v) is 3.08. The molecule has 144 valence electrons. The van der Waals surface area contributed by atoms with Gasteiger partial charge in [0.1, 0.15) is 6.10 Å². The van der Waals surface area contributed by atoms with Crippen molar-refractivity contribution >= 4 is 23.6 Å². The molecule has 1 unspecified atom stereocenters. The van der Waals surface area contributed by atoms with Crippen LogP contribution in [0.3, 0.4) is 0 Å². The minimum atomic E-state index is -1.13. The van der Waals surface area contributed by atoms with Crippen molar-refractivity contribution in [3.05, 3.63) is 81.0 Å². The molecule has 2 aromatic heterocycles. The van der Waals surface area contributed by atoms with Crippen molar-refractivity contribution in [1.82, 2.24) is 14.3 Å². The highest BCUT2D eigenvalue weighted by atomic mass is 35.5. The highest BCUT2D eigenvalue weighted by Crippen LogP contribution is 2.33. The van der Waals surface area contributed by atoms with Crippen molar-refractivity contribution in [2.24, 2.45) is 14.1 Å². The number of halogens is 1. The molecule has 1 aromatic carbocycles. The second kappa shape index (κ2) is 7.84. The molecule has 0 aliphatic heterocycles. The van der Waals surface area contributed by atoms with E-state index in [0.29, 0.717) is 33.0 Å². The lowest BCUT2D eigenvalue weighted by Gasteiger charge is -2.16. The minimum absolute atomic E-state index is 0.280. The molecule has 0 aliphatic carbocycles. The lowest BCUT2D eigenvalue weighted by molar-refractivity contribution is -0.131. The van der Waals surface area contributed by atoms with E-state index in [9.17, 15) is 14.7 Å². The lowest BCUT2D eigenvalue weighted by atomic mass is 9.97. The van der Waals surface area contributed by atoms with E-state index in [2.05, 4.69) is 5.10 Å². The van der Waals surface area contributed by atoms with Crippen LogP contribution in [0, 0.1) is 0 Å². The Morgan fingerprint density at radius 2 is 1.89 bits per heavy atom. The summed E-state index contributed by atoms with van der Waals surface area (Å²) in [5, 5.41) is 24.7. The number of aryl methyl sites for hydroxylation is 2. The quantitative estimate of drug-likeness (QED) is 0.643. The fourth-order valence-electron chi connectivity index (χ4n) is 2.95. The van der Waals surface area contributed by atoms with Gasteiger partial charge in [-0.2, -0.15) is 5.10 Å². The molecule has 0 saturated carbocycles. The number of carboxylic acids is 1. The van der Waals surface area contributed by atoms with Crippen LogP contribution in [0.4, 0.5) is 0 Å². The summed E-state index contributed by atoms with van der Waals surface area (Å²) in [6.07, 6.45) is 4.49. The van der Waals surface area contributed by atoms with Gasteiger partial charge in [0.05, 0.1) is 11.9 Å². The summed E-state index contributed by atoms with van der Waals surface area (Å²) in [4.78, 5) is 23.0. The van der Waals surface area contributed by atoms with Gasteiger partial charge < -0.3 is 14.8 Å². The zero-order chi connectivity index (χ0) is 20.4. The molecule has 0 fully saturated rings. The summed E-state index contributed by atoms with van der Waals surface area (Å²) >= 11 is 5.93. The standard InChI is InChI=1S/C20H18ClN3O4/c1-23-11-16(13(9-17(23)25)5-8-18(26)27)15-10-22-24(2)19(15)20(28)12-3-6-14(21)7-4-12/h3-11,20,28H,1-2H3,(H,26,27)/b8-5+. The number of benzene rings is 1. The van der Waals surface area contributed by atoms with Gasteiger partial charge in [-0.25, -0.2) is 4.79 Å². The van der Waals surface area contributed by atoms with E-state index >= 15 is 0 Å². The highest BCUT2D eigenvalue weighted by Gasteiger charge is 2.22. The van der Waals surface area contributed by atoms with E-state index in [1.807, 2.05) is 0 Å². The molecule has 1 atom stereocenters. The van der Waals surface area contributed by atoms with Crippen LogP contribution in [0.5, 0.6) is 0 Å². The first-order valence-electron chi connectivity index (χ1n) is 8.35. The van der Waals surface area contributed by atoms with Crippen molar-refractivity contribution < 1.29 is 15.0 Å². The van der Waals surface area contributed by atoms with Gasteiger partial charge in [0.25, 0.3) is 5.56 Å². The molecular weight excluding hydrogens is 382 g/mol. The monoisotopic (exact) mass is 399 g/mol. The topological polar surface area (TPSA) is 97.4 Å². The Morgan fingerprint density at radius 3 is 2.54 bits per heavy atom. The van der Waals surface area contributed by atoms with E-state index in [0.717, 1.165) is 6.08 Å². The number of carbonyl (C=O) groups is 1. The molecule has 0 bridgehead atoms. The van der Waals surface area contributed by atoms with Crippen LogP contribution in [-0.4, -0.2) is 30.5 Å². The first-order chi connectivity index (χ1) is 13.3. The smallest absolute Gasteiger partial charge is 0.328 e. The first-order valence-corrected chi connectivity index (χ1v) is 8.73. The molecule has 0 amide bonds. The van der Waals surface area contributed by atoms with Crippen LogP contribution in [0.2, 0.25) is 5.02 Å². The Hall–Kier alpha value is -3.16. The van der Waals surface area contributed by atoms with Crippen molar-refractivity contribution in [3.63, 3.8) is 0 Å². The number of aliphatic hydroxyl groups excluding tert-OH is 1. The fraction of sp³-hybridized carbons (Fsp3) is 0.150. The predicted octanol–water partition coefficient (Wildman–Crippen LogP) is 2.62. The zero-order valence-corrected chi connectivity index (χ0v) is 16.0. The van der Waals surface area contributed by atoms with E-state index in [1.165, 1.54) is 16.7 Å². The zero-order valence-electron chi connectivity index (χ0n) is 15.2. The molecule has 0 saturated heterocycles. The number of nitrogens with zero attached hydrogens (tertiary/aromatic N) is 3. The second-order valence-electron chi connectivity index (χ2n) is 6.28. The highest BCUT2D eigenvalue weighted by molar-refractivity contribution is 6.30. The van der Waals surface area contributed by atoms with Gasteiger partial charge in [0, 0.05) is 48.6 Å².